The van der Waals surface area contributed by atoms with Crippen molar-refractivity contribution in [2.75, 3.05) is 24.4 Å². The Morgan fingerprint density at radius 3 is 2.54 bits per heavy atom. The molecule has 148 valence electrons. The Balaban J connectivity index is 2.04. The Labute approximate surface area is 169 Å². The highest BCUT2D eigenvalue weighted by Gasteiger charge is 2.07. The molecule has 0 aliphatic heterocycles. The van der Waals surface area contributed by atoms with Crippen LogP contribution >= 0.6 is 11.6 Å². The molecule has 0 heterocycles. The van der Waals surface area contributed by atoms with Crippen LogP contribution in [-0.4, -0.2) is 25.5 Å². The van der Waals surface area contributed by atoms with Crippen LogP contribution in [0.4, 0.5) is 11.4 Å². The van der Waals surface area contributed by atoms with E-state index in [1.54, 1.807) is 37.5 Å². The van der Waals surface area contributed by atoms with Gasteiger partial charge >= 0.3 is 0 Å². The van der Waals surface area contributed by atoms with Crippen molar-refractivity contribution in [1.29, 1.82) is 0 Å². The van der Waals surface area contributed by atoms with Gasteiger partial charge < -0.3 is 20.1 Å². The van der Waals surface area contributed by atoms with E-state index in [0.717, 1.165) is 12.0 Å². The third-order valence-electron chi connectivity index (χ3n) is 3.62. The second-order valence-corrected chi connectivity index (χ2v) is 6.36. The van der Waals surface area contributed by atoms with E-state index in [0.29, 0.717) is 34.5 Å². The van der Waals surface area contributed by atoms with Crippen LogP contribution in [-0.2, 0) is 9.59 Å². The summed E-state index contributed by atoms with van der Waals surface area (Å²) in [5.74, 6) is 0.737. The molecular weight excluding hydrogens is 380 g/mol. The van der Waals surface area contributed by atoms with Gasteiger partial charge in [0.1, 0.15) is 0 Å². The lowest BCUT2D eigenvalue weighted by Crippen LogP contribution is -2.09. The lowest BCUT2D eigenvalue weighted by atomic mass is 10.2. The molecule has 0 fully saturated rings. The van der Waals surface area contributed by atoms with Gasteiger partial charge in [0.25, 0.3) is 0 Å². The third kappa shape index (κ3) is 6.32. The molecule has 2 N–H and O–H groups in total. The first kappa shape index (κ1) is 21.3. The average Bonchev–Trinajstić information content (AvgIpc) is 2.66. The van der Waals surface area contributed by atoms with Crippen LogP contribution in [0.2, 0.25) is 5.02 Å². The summed E-state index contributed by atoms with van der Waals surface area (Å²) in [5, 5.41) is 5.66. The predicted molar refractivity (Wildman–Crippen MR) is 112 cm³/mol. The van der Waals surface area contributed by atoms with Gasteiger partial charge in [-0.05, 0) is 48.4 Å². The molecular formula is C21H23ClN2O4. The number of anilines is 2. The second-order valence-electron chi connectivity index (χ2n) is 5.96. The monoisotopic (exact) mass is 402 g/mol. The summed E-state index contributed by atoms with van der Waals surface area (Å²) < 4.78 is 10.9. The molecule has 28 heavy (non-hydrogen) atoms. The van der Waals surface area contributed by atoms with E-state index in [2.05, 4.69) is 10.6 Å². The minimum Gasteiger partial charge on any atom is -0.493 e. The van der Waals surface area contributed by atoms with Gasteiger partial charge in [0.15, 0.2) is 11.5 Å². The lowest BCUT2D eigenvalue weighted by Gasteiger charge is -2.10. The first-order chi connectivity index (χ1) is 13.4. The van der Waals surface area contributed by atoms with Crippen LogP contribution in [0, 0.1) is 0 Å². The molecule has 0 spiro atoms. The van der Waals surface area contributed by atoms with Crippen molar-refractivity contribution in [3.05, 3.63) is 53.1 Å². The smallest absolute Gasteiger partial charge is 0.248 e. The zero-order valence-electron chi connectivity index (χ0n) is 16.0. The van der Waals surface area contributed by atoms with Crippen molar-refractivity contribution in [3.8, 4) is 11.5 Å². The van der Waals surface area contributed by atoms with Crippen molar-refractivity contribution >= 4 is 40.9 Å². The van der Waals surface area contributed by atoms with Crippen LogP contribution < -0.4 is 20.1 Å². The van der Waals surface area contributed by atoms with Gasteiger partial charge in [0, 0.05) is 18.7 Å². The van der Waals surface area contributed by atoms with E-state index >= 15 is 0 Å². The molecule has 7 heteroatoms. The molecule has 0 aliphatic rings. The summed E-state index contributed by atoms with van der Waals surface area (Å²) in [5.41, 5.74) is 1.80. The largest absolute Gasteiger partial charge is 0.493 e. The van der Waals surface area contributed by atoms with Crippen LogP contribution in [0.15, 0.2) is 42.5 Å². The quantitative estimate of drug-likeness (QED) is 0.625. The number of hydrogen-bond acceptors (Lipinski definition) is 4. The second kappa shape index (κ2) is 10.4. The summed E-state index contributed by atoms with van der Waals surface area (Å²) in [6, 6.07) is 10.3. The molecule has 0 radical (unpaired) electrons. The molecule has 2 aromatic carbocycles. The van der Waals surface area contributed by atoms with Crippen molar-refractivity contribution in [3.63, 3.8) is 0 Å². The van der Waals surface area contributed by atoms with Gasteiger partial charge in [-0.15, -0.1) is 0 Å². The maximum absolute atomic E-state index is 12.2. The Bertz CT molecular complexity index is 881. The van der Waals surface area contributed by atoms with Crippen LogP contribution in [0.25, 0.3) is 6.08 Å². The van der Waals surface area contributed by atoms with Crippen molar-refractivity contribution in [1.82, 2.24) is 0 Å². The molecule has 0 aromatic heterocycles. The summed E-state index contributed by atoms with van der Waals surface area (Å²) in [4.78, 5) is 23.3. The Morgan fingerprint density at radius 2 is 1.89 bits per heavy atom. The minimum absolute atomic E-state index is 0.197. The minimum atomic E-state index is -0.334. The Hall–Kier alpha value is -2.99. The number of carbonyl (C=O) groups is 2. The highest BCUT2D eigenvalue weighted by Crippen LogP contribution is 2.29. The van der Waals surface area contributed by atoms with Crippen molar-refractivity contribution in [2.24, 2.45) is 0 Å². The predicted octanol–water partition coefficient (Wildman–Crippen LogP) is 4.75. The van der Waals surface area contributed by atoms with Crippen molar-refractivity contribution < 1.29 is 19.1 Å². The number of methoxy groups -OCH3 is 1. The van der Waals surface area contributed by atoms with Gasteiger partial charge in [-0.2, -0.15) is 0 Å². The van der Waals surface area contributed by atoms with Gasteiger partial charge in [0.05, 0.1) is 24.4 Å². The fraction of sp³-hybridized carbons (Fsp3) is 0.238. The van der Waals surface area contributed by atoms with Crippen LogP contribution in [0.5, 0.6) is 11.5 Å². The van der Waals surface area contributed by atoms with E-state index in [9.17, 15) is 9.59 Å². The SMILES string of the molecule is CCCOc1ccc(/C=C/C(=O)Nc2ccc(NC(C)=O)cc2Cl)cc1OC. The highest BCUT2D eigenvalue weighted by atomic mass is 35.5. The molecule has 2 amide bonds. The van der Waals surface area contributed by atoms with Gasteiger partial charge in [-0.3, -0.25) is 9.59 Å². The summed E-state index contributed by atoms with van der Waals surface area (Å²) in [6.07, 6.45) is 3.97. The maximum Gasteiger partial charge on any atom is 0.248 e. The molecule has 0 saturated carbocycles. The number of halogens is 1. The summed E-state index contributed by atoms with van der Waals surface area (Å²) in [6.45, 7) is 4.04. The molecule has 0 saturated heterocycles. The third-order valence-corrected chi connectivity index (χ3v) is 3.94. The molecule has 2 aromatic rings. The maximum atomic E-state index is 12.2. The van der Waals surface area contributed by atoms with E-state index in [1.165, 1.54) is 13.0 Å². The number of nitrogens with one attached hydrogen (secondary N) is 2. The number of hydrogen-bond donors (Lipinski definition) is 2. The fourth-order valence-corrected chi connectivity index (χ4v) is 2.59. The van der Waals surface area contributed by atoms with E-state index in [4.69, 9.17) is 21.1 Å². The Kier molecular flexibility index (Phi) is 7.89. The summed E-state index contributed by atoms with van der Waals surface area (Å²) >= 11 is 6.15. The van der Waals surface area contributed by atoms with Crippen LogP contribution in [0.1, 0.15) is 25.8 Å². The molecule has 0 bridgehead atoms. The number of ether oxygens (including phenoxy) is 2. The highest BCUT2D eigenvalue weighted by molar-refractivity contribution is 6.34. The lowest BCUT2D eigenvalue weighted by molar-refractivity contribution is -0.114. The average molecular weight is 403 g/mol. The summed E-state index contributed by atoms with van der Waals surface area (Å²) in [7, 11) is 1.57. The van der Waals surface area contributed by atoms with Crippen LogP contribution in [0.3, 0.4) is 0 Å². The molecule has 6 nitrogen and oxygen atoms in total. The molecule has 0 unspecified atom stereocenters. The van der Waals surface area contributed by atoms with E-state index in [1.807, 2.05) is 19.1 Å². The zero-order chi connectivity index (χ0) is 20.5. The number of benzene rings is 2. The van der Waals surface area contributed by atoms with Crippen molar-refractivity contribution in [2.45, 2.75) is 20.3 Å². The van der Waals surface area contributed by atoms with E-state index < -0.39 is 0 Å². The van der Waals surface area contributed by atoms with Gasteiger partial charge in [-0.1, -0.05) is 24.6 Å². The Morgan fingerprint density at radius 1 is 1.11 bits per heavy atom. The van der Waals surface area contributed by atoms with E-state index in [-0.39, 0.29) is 11.8 Å². The first-order valence-corrected chi connectivity index (χ1v) is 9.17. The fourth-order valence-electron chi connectivity index (χ4n) is 2.36. The first-order valence-electron chi connectivity index (χ1n) is 8.80. The number of rotatable bonds is 8. The molecule has 0 aliphatic carbocycles. The molecule has 2 rings (SSSR count). The zero-order valence-corrected chi connectivity index (χ0v) is 16.8. The number of carbonyl (C=O) groups excluding carboxylic acids is 2. The van der Waals surface area contributed by atoms with Gasteiger partial charge in [0.2, 0.25) is 11.8 Å². The molecule has 0 atom stereocenters. The standard InChI is InChI=1S/C21H23ClN2O4/c1-4-11-28-19-9-5-15(12-20(19)27-3)6-10-21(26)24-18-8-7-16(13-17(18)22)23-14(2)25/h5-10,12-13H,4,11H2,1-3H3,(H,23,25)(H,24,26)/b10-6+. The van der Waals surface area contributed by atoms with Gasteiger partial charge in [-0.25, -0.2) is 0 Å². The topological polar surface area (TPSA) is 76.7 Å². The normalized spacial score (nSPS) is 10.6. The number of amides is 2.